The Kier molecular flexibility index (Phi) is 5.85. The Labute approximate surface area is 103 Å². The molecule has 0 saturated carbocycles. The van der Waals surface area contributed by atoms with E-state index in [9.17, 15) is 0 Å². The van der Waals surface area contributed by atoms with Gasteiger partial charge in [0.05, 0.1) is 0 Å². The summed E-state index contributed by atoms with van der Waals surface area (Å²) in [5.41, 5.74) is 2.52. The Morgan fingerprint density at radius 2 is 2.06 bits per heavy atom. The van der Waals surface area contributed by atoms with Crippen molar-refractivity contribution in [1.29, 1.82) is 0 Å². The molecule has 1 unspecified atom stereocenters. The minimum atomic E-state index is 0.413. The van der Waals surface area contributed by atoms with Crippen molar-refractivity contribution in [1.82, 2.24) is 10.3 Å². The van der Waals surface area contributed by atoms with Gasteiger partial charge in [-0.25, -0.2) is 0 Å². The smallest absolute Gasteiger partial charge is 0.0424 e. The topological polar surface area (TPSA) is 24.9 Å². The summed E-state index contributed by atoms with van der Waals surface area (Å²) in [6.07, 6.45) is 3.86. The van der Waals surface area contributed by atoms with Crippen LogP contribution in [0.25, 0.3) is 0 Å². The zero-order valence-electron chi connectivity index (χ0n) is 10.7. The second kappa shape index (κ2) is 6.92. The predicted octanol–water partition coefficient (Wildman–Crippen LogP) is 3.04. The van der Waals surface area contributed by atoms with E-state index in [-0.39, 0.29) is 0 Å². The van der Waals surface area contributed by atoms with Crippen molar-refractivity contribution in [2.75, 3.05) is 18.6 Å². The number of thioether (sulfide) groups is 1. The van der Waals surface area contributed by atoms with E-state index in [2.05, 4.69) is 37.1 Å². The molecular formula is C13H22N2S. The summed E-state index contributed by atoms with van der Waals surface area (Å²) in [4.78, 5) is 4.25. The Balaban J connectivity index is 2.53. The first-order valence-corrected chi connectivity index (χ1v) is 6.95. The molecule has 0 aromatic carbocycles. The second-order valence-electron chi connectivity index (χ2n) is 4.57. The molecule has 0 amide bonds. The second-order valence-corrected chi connectivity index (χ2v) is 5.64. The van der Waals surface area contributed by atoms with Crippen molar-refractivity contribution in [3.8, 4) is 0 Å². The van der Waals surface area contributed by atoms with E-state index in [1.807, 2.05) is 31.2 Å². The summed E-state index contributed by atoms with van der Waals surface area (Å²) in [5.74, 6) is 3.09. The van der Waals surface area contributed by atoms with Gasteiger partial charge in [0.1, 0.15) is 0 Å². The molecule has 0 fully saturated rings. The Morgan fingerprint density at radius 3 is 2.62 bits per heavy atom. The fraction of sp³-hybridized carbons (Fsp3) is 0.615. The molecule has 0 aliphatic carbocycles. The number of nitrogens with one attached hydrogen (secondary N) is 1. The van der Waals surface area contributed by atoms with Gasteiger partial charge in [0, 0.05) is 24.2 Å². The summed E-state index contributed by atoms with van der Waals surface area (Å²) in [6, 6.07) is 2.63. The molecule has 1 atom stereocenters. The van der Waals surface area contributed by atoms with E-state index < -0.39 is 0 Å². The predicted molar refractivity (Wildman–Crippen MR) is 72.9 cm³/mol. The van der Waals surface area contributed by atoms with Gasteiger partial charge in [0.2, 0.25) is 0 Å². The third-order valence-corrected chi connectivity index (χ3v) is 3.85. The molecule has 1 aromatic heterocycles. The average Bonchev–Trinajstić information content (AvgIpc) is 2.24. The molecule has 90 valence electrons. The molecule has 16 heavy (non-hydrogen) atoms. The highest BCUT2D eigenvalue weighted by Gasteiger charge is 2.09. The van der Waals surface area contributed by atoms with Gasteiger partial charge in [-0.2, -0.15) is 11.8 Å². The number of aromatic nitrogens is 1. The van der Waals surface area contributed by atoms with Crippen molar-refractivity contribution < 1.29 is 0 Å². The monoisotopic (exact) mass is 238 g/mol. The molecule has 0 aliphatic rings. The molecular weight excluding hydrogens is 216 g/mol. The lowest BCUT2D eigenvalue weighted by atomic mass is 10.1. The summed E-state index contributed by atoms with van der Waals surface area (Å²) in [7, 11) is 2.02. The highest BCUT2D eigenvalue weighted by molar-refractivity contribution is 7.99. The van der Waals surface area contributed by atoms with Crippen LogP contribution in [0, 0.1) is 12.8 Å². The Morgan fingerprint density at radius 1 is 1.31 bits per heavy atom. The Bertz CT molecular complexity index is 313. The van der Waals surface area contributed by atoms with Gasteiger partial charge < -0.3 is 5.32 Å². The van der Waals surface area contributed by atoms with Gasteiger partial charge in [-0.15, -0.1) is 0 Å². The van der Waals surface area contributed by atoms with Gasteiger partial charge in [0.25, 0.3) is 0 Å². The van der Waals surface area contributed by atoms with Crippen molar-refractivity contribution in [2.45, 2.75) is 26.8 Å². The van der Waals surface area contributed by atoms with Crippen molar-refractivity contribution >= 4 is 11.8 Å². The first-order valence-electron chi connectivity index (χ1n) is 5.80. The molecule has 1 aromatic rings. The van der Waals surface area contributed by atoms with Crippen LogP contribution < -0.4 is 5.32 Å². The largest absolute Gasteiger partial charge is 0.312 e. The highest BCUT2D eigenvalue weighted by atomic mass is 32.2. The van der Waals surface area contributed by atoms with Gasteiger partial charge in [-0.1, -0.05) is 19.9 Å². The standard InChI is InChI=1S/C13H22N2S/c1-10(2)8-16-9-13(14-4)12-5-11(3)6-15-7-12/h5-7,10,13-14H,8-9H2,1-4H3. The van der Waals surface area contributed by atoms with Crippen molar-refractivity contribution in [2.24, 2.45) is 5.92 Å². The lowest BCUT2D eigenvalue weighted by Gasteiger charge is -2.17. The van der Waals surface area contributed by atoms with E-state index >= 15 is 0 Å². The van der Waals surface area contributed by atoms with Crippen molar-refractivity contribution in [3.05, 3.63) is 29.6 Å². The maximum Gasteiger partial charge on any atom is 0.0424 e. The molecule has 0 spiro atoms. The SMILES string of the molecule is CNC(CSCC(C)C)c1cncc(C)c1. The van der Waals surface area contributed by atoms with Gasteiger partial charge >= 0.3 is 0 Å². The van der Waals surface area contributed by atoms with Crippen LogP contribution in [0.3, 0.4) is 0 Å². The molecule has 0 aliphatic heterocycles. The lowest BCUT2D eigenvalue weighted by Crippen LogP contribution is -2.19. The van der Waals surface area contributed by atoms with Crippen LogP contribution in [-0.4, -0.2) is 23.5 Å². The van der Waals surface area contributed by atoms with Crippen LogP contribution in [0.4, 0.5) is 0 Å². The lowest BCUT2D eigenvalue weighted by molar-refractivity contribution is 0.656. The summed E-state index contributed by atoms with van der Waals surface area (Å²) >= 11 is 2.00. The average molecular weight is 238 g/mol. The quantitative estimate of drug-likeness (QED) is 0.824. The first-order chi connectivity index (χ1) is 7.63. The zero-order valence-corrected chi connectivity index (χ0v) is 11.5. The van der Waals surface area contributed by atoms with Crippen LogP contribution in [0.5, 0.6) is 0 Å². The van der Waals surface area contributed by atoms with E-state index in [0.717, 1.165) is 11.7 Å². The number of hydrogen-bond donors (Lipinski definition) is 1. The summed E-state index contributed by atoms with van der Waals surface area (Å²) < 4.78 is 0. The maximum absolute atomic E-state index is 4.25. The molecule has 2 nitrogen and oxygen atoms in total. The maximum atomic E-state index is 4.25. The summed E-state index contributed by atoms with van der Waals surface area (Å²) in [5, 5.41) is 3.36. The van der Waals surface area contributed by atoms with Crippen LogP contribution in [0.15, 0.2) is 18.5 Å². The van der Waals surface area contributed by atoms with E-state index in [0.29, 0.717) is 6.04 Å². The van der Waals surface area contributed by atoms with Crippen LogP contribution in [-0.2, 0) is 0 Å². The van der Waals surface area contributed by atoms with Gasteiger partial charge in [-0.3, -0.25) is 4.98 Å². The molecule has 1 rings (SSSR count). The number of hydrogen-bond acceptors (Lipinski definition) is 3. The summed E-state index contributed by atoms with van der Waals surface area (Å²) in [6.45, 7) is 6.61. The normalized spacial score (nSPS) is 13.1. The zero-order chi connectivity index (χ0) is 12.0. The number of pyridine rings is 1. The fourth-order valence-electron chi connectivity index (χ4n) is 1.54. The van der Waals surface area contributed by atoms with Crippen molar-refractivity contribution in [3.63, 3.8) is 0 Å². The van der Waals surface area contributed by atoms with E-state index in [1.165, 1.54) is 16.9 Å². The van der Waals surface area contributed by atoms with Gasteiger partial charge in [0.15, 0.2) is 0 Å². The van der Waals surface area contributed by atoms with Crippen LogP contribution in [0.2, 0.25) is 0 Å². The van der Waals surface area contributed by atoms with Crippen LogP contribution >= 0.6 is 11.8 Å². The third kappa shape index (κ3) is 4.54. The fourth-order valence-corrected chi connectivity index (χ4v) is 2.74. The molecule has 1 heterocycles. The number of aryl methyl sites for hydroxylation is 1. The first kappa shape index (κ1) is 13.5. The molecule has 3 heteroatoms. The third-order valence-electron chi connectivity index (χ3n) is 2.38. The number of nitrogens with zero attached hydrogens (tertiary/aromatic N) is 1. The van der Waals surface area contributed by atoms with E-state index in [1.54, 1.807) is 0 Å². The highest BCUT2D eigenvalue weighted by Crippen LogP contribution is 2.19. The van der Waals surface area contributed by atoms with Crippen LogP contribution in [0.1, 0.15) is 31.0 Å². The molecule has 0 radical (unpaired) electrons. The molecule has 0 saturated heterocycles. The molecule has 0 bridgehead atoms. The van der Waals surface area contributed by atoms with E-state index in [4.69, 9.17) is 0 Å². The molecule has 1 N–H and O–H groups in total. The number of rotatable bonds is 6. The minimum Gasteiger partial charge on any atom is -0.312 e. The Hall–Kier alpha value is -0.540. The minimum absolute atomic E-state index is 0.413. The van der Waals surface area contributed by atoms with Gasteiger partial charge in [-0.05, 0) is 36.8 Å².